The number of hydrogen-bond acceptors (Lipinski definition) is 3. The van der Waals surface area contributed by atoms with Gasteiger partial charge in [-0.15, -0.1) is 0 Å². The van der Waals surface area contributed by atoms with Gasteiger partial charge in [-0.2, -0.15) is 5.26 Å². The van der Waals surface area contributed by atoms with E-state index in [0.29, 0.717) is 11.1 Å². The fourth-order valence-electron chi connectivity index (χ4n) is 3.79. The van der Waals surface area contributed by atoms with Gasteiger partial charge in [-0.25, -0.2) is 13.2 Å². The van der Waals surface area contributed by atoms with Crippen LogP contribution in [0.1, 0.15) is 29.9 Å². The highest BCUT2D eigenvalue weighted by Crippen LogP contribution is 2.37. The molecule has 2 aromatic rings. The van der Waals surface area contributed by atoms with Crippen LogP contribution in [0.3, 0.4) is 0 Å². The number of nitrogens with two attached hydrogens (primary N) is 1. The van der Waals surface area contributed by atoms with Gasteiger partial charge in [0.15, 0.2) is 5.78 Å². The summed E-state index contributed by atoms with van der Waals surface area (Å²) in [6.07, 6.45) is -1.20. The van der Waals surface area contributed by atoms with E-state index in [1.807, 2.05) is 6.07 Å². The number of nitrogens with zero attached hydrogens (tertiary/aromatic N) is 1. The van der Waals surface area contributed by atoms with Crippen LogP contribution in [0.4, 0.5) is 13.2 Å². The molecular weight excluding hydrogens is 353 g/mol. The summed E-state index contributed by atoms with van der Waals surface area (Å²) in [4.78, 5) is 13.0. The maximum Gasteiger partial charge on any atom is 0.154 e. The first-order valence-electron chi connectivity index (χ1n) is 8.74. The maximum absolute atomic E-state index is 13.7. The minimum absolute atomic E-state index is 0.0235. The summed E-state index contributed by atoms with van der Waals surface area (Å²) < 4.78 is 40.4. The Bertz CT molecular complexity index is 800. The smallest absolute Gasteiger partial charge is 0.154 e. The van der Waals surface area contributed by atoms with Crippen molar-refractivity contribution in [2.24, 2.45) is 17.6 Å². The third-order valence-corrected chi connectivity index (χ3v) is 5.18. The van der Waals surface area contributed by atoms with Crippen LogP contribution in [0.2, 0.25) is 0 Å². The van der Waals surface area contributed by atoms with Crippen molar-refractivity contribution in [1.82, 2.24) is 0 Å². The Kier molecular flexibility index (Phi) is 5.62. The van der Waals surface area contributed by atoms with Crippen molar-refractivity contribution in [3.8, 4) is 6.07 Å². The van der Waals surface area contributed by atoms with Gasteiger partial charge in [0, 0.05) is 11.8 Å². The summed E-state index contributed by atoms with van der Waals surface area (Å²) in [5, 5.41) is 9.23. The molecule has 0 aromatic heterocycles. The van der Waals surface area contributed by atoms with E-state index in [1.165, 1.54) is 48.5 Å². The molecule has 0 radical (unpaired) electrons. The van der Waals surface area contributed by atoms with Crippen molar-refractivity contribution in [1.29, 1.82) is 5.26 Å². The summed E-state index contributed by atoms with van der Waals surface area (Å²) in [7, 11) is 0. The molecule has 0 heterocycles. The van der Waals surface area contributed by atoms with Crippen LogP contribution < -0.4 is 5.73 Å². The van der Waals surface area contributed by atoms with Crippen molar-refractivity contribution in [2.45, 2.75) is 31.0 Å². The standard InChI is InChI=1S/C21H19F3N2O/c22-15-5-1-12(2-6-15)19(13-3-7-16(23)8-4-13)20(26)21(27)18-10-17(24)9-14(18)11-25/h1-8,14,17-20H,9-10,26H2/t14?,17-,18?,20-/m0/s1. The van der Waals surface area contributed by atoms with Crippen molar-refractivity contribution < 1.29 is 18.0 Å². The first-order valence-corrected chi connectivity index (χ1v) is 8.74. The molecule has 2 N–H and O–H groups in total. The van der Waals surface area contributed by atoms with E-state index in [4.69, 9.17) is 5.73 Å². The number of benzene rings is 2. The van der Waals surface area contributed by atoms with Crippen LogP contribution in [0.15, 0.2) is 48.5 Å². The zero-order valence-corrected chi connectivity index (χ0v) is 14.5. The first kappa shape index (κ1) is 19.1. The number of Topliss-reactive ketones (excluding diaryl/α,β-unsaturated/α-hetero) is 1. The molecule has 140 valence electrons. The Balaban J connectivity index is 1.96. The molecule has 3 rings (SSSR count). The third-order valence-electron chi connectivity index (χ3n) is 5.18. The summed E-state index contributed by atoms with van der Waals surface area (Å²) >= 11 is 0. The molecule has 4 atom stereocenters. The van der Waals surface area contributed by atoms with Crippen LogP contribution in [-0.2, 0) is 4.79 Å². The highest BCUT2D eigenvalue weighted by atomic mass is 19.1. The normalized spacial score (nSPS) is 23.2. The Morgan fingerprint density at radius 3 is 1.93 bits per heavy atom. The number of hydrogen-bond donors (Lipinski definition) is 1. The van der Waals surface area contributed by atoms with Gasteiger partial charge in [0.1, 0.15) is 17.8 Å². The van der Waals surface area contributed by atoms with Crippen LogP contribution in [0.5, 0.6) is 0 Å². The maximum atomic E-state index is 13.7. The van der Waals surface area contributed by atoms with Crippen molar-refractivity contribution in [3.63, 3.8) is 0 Å². The largest absolute Gasteiger partial charge is 0.321 e. The molecule has 6 heteroatoms. The summed E-state index contributed by atoms with van der Waals surface area (Å²) in [6, 6.07) is 12.0. The van der Waals surface area contributed by atoms with E-state index >= 15 is 0 Å². The lowest BCUT2D eigenvalue weighted by Gasteiger charge is -2.27. The van der Waals surface area contributed by atoms with Gasteiger partial charge in [-0.3, -0.25) is 4.79 Å². The van der Waals surface area contributed by atoms with E-state index in [9.17, 15) is 23.2 Å². The topological polar surface area (TPSA) is 66.9 Å². The van der Waals surface area contributed by atoms with Crippen molar-refractivity contribution >= 4 is 5.78 Å². The molecular formula is C21H19F3N2O. The lowest BCUT2D eigenvalue weighted by Crippen LogP contribution is -2.42. The average molecular weight is 372 g/mol. The molecule has 1 aliphatic rings. The van der Waals surface area contributed by atoms with Gasteiger partial charge in [0.05, 0.1) is 18.0 Å². The van der Waals surface area contributed by atoms with Crippen molar-refractivity contribution in [3.05, 3.63) is 71.3 Å². The summed E-state index contributed by atoms with van der Waals surface area (Å²) in [5.74, 6) is -3.41. The molecule has 1 fully saturated rings. The monoisotopic (exact) mass is 372 g/mol. The molecule has 3 nitrogen and oxygen atoms in total. The predicted molar refractivity (Wildman–Crippen MR) is 94.3 cm³/mol. The molecule has 27 heavy (non-hydrogen) atoms. The number of carbonyl (C=O) groups is 1. The van der Waals surface area contributed by atoms with E-state index in [2.05, 4.69) is 0 Å². The Morgan fingerprint density at radius 1 is 1.00 bits per heavy atom. The molecule has 0 aliphatic heterocycles. The highest BCUT2D eigenvalue weighted by molar-refractivity contribution is 5.88. The number of nitriles is 1. The first-order chi connectivity index (χ1) is 12.9. The van der Waals surface area contributed by atoms with E-state index in [1.54, 1.807) is 0 Å². The van der Waals surface area contributed by atoms with Gasteiger partial charge in [-0.05, 0) is 48.2 Å². The second kappa shape index (κ2) is 7.93. The molecule has 2 aromatic carbocycles. The number of halogens is 3. The van der Waals surface area contributed by atoms with Gasteiger partial charge in [0.25, 0.3) is 0 Å². The minimum Gasteiger partial charge on any atom is -0.321 e. The van der Waals surface area contributed by atoms with E-state index in [0.717, 1.165) is 0 Å². The fourth-order valence-corrected chi connectivity index (χ4v) is 3.79. The highest BCUT2D eigenvalue weighted by Gasteiger charge is 2.42. The molecule has 0 amide bonds. The molecule has 0 spiro atoms. The van der Waals surface area contributed by atoms with Gasteiger partial charge < -0.3 is 5.73 Å². The zero-order chi connectivity index (χ0) is 19.6. The van der Waals surface area contributed by atoms with Crippen LogP contribution in [-0.4, -0.2) is 18.0 Å². The Labute approximate surface area is 155 Å². The lowest BCUT2D eigenvalue weighted by molar-refractivity contribution is -0.125. The summed E-state index contributed by atoms with van der Waals surface area (Å²) in [5.41, 5.74) is 7.45. The molecule has 2 unspecified atom stereocenters. The lowest BCUT2D eigenvalue weighted by atomic mass is 9.78. The van der Waals surface area contributed by atoms with E-state index in [-0.39, 0.29) is 12.8 Å². The summed E-state index contributed by atoms with van der Waals surface area (Å²) in [6.45, 7) is 0. The number of ketones is 1. The molecule has 1 saturated carbocycles. The zero-order valence-electron chi connectivity index (χ0n) is 14.5. The molecule has 1 aliphatic carbocycles. The van der Waals surface area contributed by atoms with Crippen LogP contribution in [0.25, 0.3) is 0 Å². The Morgan fingerprint density at radius 2 is 1.48 bits per heavy atom. The van der Waals surface area contributed by atoms with Gasteiger partial charge in [0.2, 0.25) is 0 Å². The number of carbonyl (C=O) groups excluding carboxylic acids is 1. The number of rotatable bonds is 5. The fraction of sp³-hybridized carbons (Fsp3) is 0.333. The predicted octanol–water partition coefficient (Wildman–Crippen LogP) is 3.88. The van der Waals surface area contributed by atoms with Gasteiger partial charge >= 0.3 is 0 Å². The van der Waals surface area contributed by atoms with Crippen LogP contribution in [0, 0.1) is 34.8 Å². The van der Waals surface area contributed by atoms with Crippen molar-refractivity contribution in [2.75, 3.05) is 0 Å². The number of alkyl halides is 1. The molecule has 0 bridgehead atoms. The Hall–Kier alpha value is -2.65. The van der Waals surface area contributed by atoms with E-state index < -0.39 is 47.4 Å². The molecule has 0 saturated heterocycles. The average Bonchev–Trinajstić information content (AvgIpc) is 3.05. The minimum atomic E-state index is -1.20. The SMILES string of the molecule is N#CC1C[C@H](F)CC1C(=O)[C@@H](N)C(c1ccc(F)cc1)c1ccc(F)cc1. The van der Waals surface area contributed by atoms with Crippen LogP contribution >= 0.6 is 0 Å². The quantitative estimate of drug-likeness (QED) is 0.866. The second-order valence-electron chi connectivity index (χ2n) is 6.92. The second-order valence-corrected chi connectivity index (χ2v) is 6.92. The van der Waals surface area contributed by atoms with Gasteiger partial charge in [-0.1, -0.05) is 24.3 Å². The third kappa shape index (κ3) is 4.04.